The molecule has 0 spiro atoms. The van der Waals surface area contributed by atoms with Gasteiger partial charge in [-0.15, -0.1) is 0 Å². The van der Waals surface area contributed by atoms with Gasteiger partial charge in [0.1, 0.15) is 5.82 Å². The SMILES string of the molecule is Cc1nc(N)nc(N)c1/C=C/C(C)(C)c1cc(C(F)(F)F)cc(C(F)(F)F)c1. The van der Waals surface area contributed by atoms with E-state index in [2.05, 4.69) is 9.97 Å². The molecule has 0 aliphatic heterocycles. The summed E-state index contributed by atoms with van der Waals surface area (Å²) in [5, 5.41) is 0. The van der Waals surface area contributed by atoms with E-state index in [1.165, 1.54) is 26.0 Å². The number of halogens is 6. The molecule has 28 heavy (non-hydrogen) atoms. The second-order valence-corrected chi connectivity index (χ2v) is 6.82. The number of anilines is 2. The first-order chi connectivity index (χ1) is 12.6. The molecule has 152 valence electrons. The molecule has 1 aromatic carbocycles. The van der Waals surface area contributed by atoms with Crippen LogP contribution >= 0.6 is 0 Å². The highest BCUT2D eigenvalue weighted by atomic mass is 19.4. The van der Waals surface area contributed by atoms with Crippen molar-refractivity contribution in [1.82, 2.24) is 9.97 Å². The number of benzene rings is 1. The van der Waals surface area contributed by atoms with Gasteiger partial charge in [0.15, 0.2) is 0 Å². The Morgan fingerprint density at radius 3 is 1.71 bits per heavy atom. The Hall–Kier alpha value is -2.78. The number of hydrogen-bond acceptors (Lipinski definition) is 4. The van der Waals surface area contributed by atoms with Gasteiger partial charge >= 0.3 is 12.4 Å². The lowest BCUT2D eigenvalue weighted by Crippen LogP contribution is -2.18. The summed E-state index contributed by atoms with van der Waals surface area (Å²) in [6.45, 7) is 4.58. The molecule has 1 heterocycles. The van der Waals surface area contributed by atoms with Crippen molar-refractivity contribution in [2.45, 2.75) is 38.5 Å². The van der Waals surface area contributed by atoms with E-state index in [0.29, 0.717) is 23.4 Å². The van der Waals surface area contributed by atoms with Crippen LogP contribution in [0, 0.1) is 6.92 Å². The zero-order valence-electron chi connectivity index (χ0n) is 15.2. The first-order valence-corrected chi connectivity index (χ1v) is 8.00. The summed E-state index contributed by atoms with van der Waals surface area (Å²) >= 11 is 0. The van der Waals surface area contributed by atoms with Gasteiger partial charge in [-0.3, -0.25) is 0 Å². The van der Waals surface area contributed by atoms with Gasteiger partial charge in [-0.1, -0.05) is 26.0 Å². The van der Waals surface area contributed by atoms with E-state index in [4.69, 9.17) is 11.5 Å². The maximum absolute atomic E-state index is 13.1. The van der Waals surface area contributed by atoms with Gasteiger partial charge in [0, 0.05) is 11.0 Å². The minimum atomic E-state index is -4.92. The van der Waals surface area contributed by atoms with Crippen molar-refractivity contribution in [1.29, 1.82) is 0 Å². The van der Waals surface area contributed by atoms with Crippen molar-refractivity contribution < 1.29 is 26.3 Å². The highest BCUT2D eigenvalue weighted by molar-refractivity contribution is 5.65. The maximum atomic E-state index is 13.1. The topological polar surface area (TPSA) is 77.8 Å². The molecule has 2 aromatic rings. The van der Waals surface area contributed by atoms with Crippen molar-refractivity contribution in [3.8, 4) is 0 Å². The van der Waals surface area contributed by atoms with E-state index < -0.39 is 28.9 Å². The van der Waals surface area contributed by atoms with Gasteiger partial charge in [0.05, 0.1) is 16.8 Å². The third-order valence-electron chi connectivity index (χ3n) is 4.18. The summed E-state index contributed by atoms with van der Waals surface area (Å²) in [5.41, 5.74) is 7.98. The highest BCUT2D eigenvalue weighted by Gasteiger charge is 2.38. The Labute approximate surface area is 157 Å². The fourth-order valence-electron chi connectivity index (χ4n) is 2.55. The Morgan fingerprint density at radius 2 is 1.29 bits per heavy atom. The second kappa shape index (κ2) is 6.99. The maximum Gasteiger partial charge on any atom is 0.416 e. The molecule has 1 aromatic heterocycles. The second-order valence-electron chi connectivity index (χ2n) is 6.82. The lowest BCUT2D eigenvalue weighted by atomic mass is 9.82. The predicted molar refractivity (Wildman–Crippen MR) is 94.1 cm³/mol. The van der Waals surface area contributed by atoms with Crippen LogP contribution in [0.15, 0.2) is 24.3 Å². The van der Waals surface area contributed by atoms with Gasteiger partial charge in [0.25, 0.3) is 0 Å². The Bertz CT molecular complexity index is 858. The van der Waals surface area contributed by atoms with Crippen LogP contribution in [0.25, 0.3) is 6.08 Å². The van der Waals surface area contributed by atoms with Crippen molar-refractivity contribution in [3.05, 3.63) is 52.2 Å². The molecule has 4 N–H and O–H groups in total. The molecule has 10 heteroatoms. The first-order valence-electron chi connectivity index (χ1n) is 8.00. The standard InChI is InChI=1S/C18H18F6N4/c1-9-13(14(25)28-15(26)27-9)4-5-16(2,3)10-6-11(17(19,20)21)8-12(7-10)18(22,23)24/h4-8H,1-3H3,(H4,25,26,27,28)/b5-4+. The molecule has 0 amide bonds. The lowest BCUT2D eigenvalue weighted by molar-refractivity contribution is -0.143. The molecule has 0 radical (unpaired) electrons. The minimum absolute atomic E-state index is 0.0425. The summed E-state index contributed by atoms with van der Waals surface area (Å²) in [4.78, 5) is 7.73. The predicted octanol–water partition coefficient (Wildman–Crippen LogP) is 4.98. The molecule has 0 bridgehead atoms. The van der Waals surface area contributed by atoms with Crippen LogP contribution in [0.1, 0.15) is 41.8 Å². The summed E-state index contributed by atoms with van der Waals surface area (Å²) in [6, 6.07) is 1.50. The third kappa shape index (κ3) is 4.73. The van der Waals surface area contributed by atoms with Crippen molar-refractivity contribution in [3.63, 3.8) is 0 Å². The number of allylic oxidation sites excluding steroid dienone is 1. The molecule has 4 nitrogen and oxygen atoms in total. The number of nitrogens with two attached hydrogens (primary N) is 2. The normalized spacial score (nSPS) is 13.3. The van der Waals surface area contributed by atoms with Gasteiger partial charge < -0.3 is 11.5 Å². The van der Waals surface area contributed by atoms with Gasteiger partial charge in [-0.25, -0.2) is 4.98 Å². The minimum Gasteiger partial charge on any atom is -0.383 e. The number of rotatable bonds is 3. The molecule has 0 saturated heterocycles. The van der Waals surface area contributed by atoms with Crippen LogP contribution in [-0.2, 0) is 17.8 Å². The summed E-state index contributed by atoms with van der Waals surface area (Å²) in [5.74, 6) is 0.0104. The molecule has 0 atom stereocenters. The van der Waals surface area contributed by atoms with E-state index in [-0.39, 0.29) is 23.4 Å². The number of hydrogen-bond donors (Lipinski definition) is 2. The number of alkyl halides is 6. The van der Waals surface area contributed by atoms with Crippen molar-refractivity contribution in [2.24, 2.45) is 0 Å². The Balaban J connectivity index is 2.56. The lowest BCUT2D eigenvalue weighted by Gasteiger charge is -2.24. The Morgan fingerprint density at radius 1 is 0.821 bits per heavy atom. The molecule has 0 fully saturated rings. The zero-order valence-corrected chi connectivity index (χ0v) is 15.2. The smallest absolute Gasteiger partial charge is 0.383 e. The van der Waals surface area contributed by atoms with Crippen LogP contribution in [0.2, 0.25) is 0 Å². The average molecular weight is 404 g/mol. The first kappa shape index (κ1) is 21.5. The van der Waals surface area contributed by atoms with Gasteiger partial charge in [-0.2, -0.15) is 31.3 Å². The monoisotopic (exact) mass is 404 g/mol. The number of nitrogens with zero attached hydrogens (tertiary/aromatic N) is 2. The van der Waals surface area contributed by atoms with Crippen LogP contribution < -0.4 is 11.5 Å². The van der Waals surface area contributed by atoms with Crippen LogP contribution in [-0.4, -0.2) is 9.97 Å². The largest absolute Gasteiger partial charge is 0.416 e. The van der Waals surface area contributed by atoms with E-state index in [1.807, 2.05) is 0 Å². The zero-order chi connectivity index (χ0) is 21.5. The number of aryl methyl sites for hydroxylation is 1. The molecule has 2 rings (SSSR count). The van der Waals surface area contributed by atoms with Crippen molar-refractivity contribution in [2.75, 3.05) is 11.5 Å². The van der Waals surface area contributed by atoms with Crippen LogP contribution in [0.5, 0.6) is 0 Å². The molecular weight excluding hydrogens is 386 g/mol. The summed E-state index contributed by atoms with van der Waals surface area (Å²) in [7, 11) is 0. The molecule has 0 aliphatic rings. The molecule has 0 unspecified atom stereocenters. The molecular formula is C18H18F6N4. The van der Waals surface area contributed by atoms with E-state index in [1.54, 1.807) is 6.92 Å². The molecule has 0 saturated carbocycles. The van der Waals surface area contributed by atoms with Gasteiger partial charge in [0.2, 0.25) is 5.95 Å². The summed E-state index contributed by atoms with van der Waals surface area (Å²) < 4.78 is 78.5. The Kier molecular flexibility index (Phi) is 5.37. The van der Waals surface area contributed by atoms with Crippen molar-refractivity contribution >= 4 is 17.8 Å². The fourth-order valence-corrected chi connectivity index (χ4v) is 2.55. The number of nitrogen functional groups attached to an aromatic ring is 2. The van der Waals surface area contributed by atoms with Crippen LogP contribution in [0.3, 0.4) is 0 Å². The van der Waals surface area contributed by atoms with Gasteiger partial charge in [-0.05, 0) is 30.7 Å². The third-order valence-corrected chi connectivity index (χ3v) is 4.18. The van der Waals surface area contributed by atoms with E-state index >= 15 is 0 Å². The average Bonchev–Trinajstić information content (AvgIpc) is 2.51. The summed E-state index contributed by atoms with van der Waals surface area (Å²) in [6.07, 6.45) is -6.93. The number of aromatic nitrogens is 2. The fraction of sp³-hybridized carbons (Fsp3) is 0.333. The van der Waals surface area contributed by atoms with E-state index in [0.717, 1.165) is 0 Å². The van der Waals surface area contributed by atoms with Crippen LogP contribution in [0.4, 0.5) is 38.1 Å². The quantitative estimate of drug-likeness (QED) is 0.708. The highest BCUT2D eigenvalue weighted by Crippen LogP contribution is 2.39. The molecule has 0 aliphatic carbocycles. The van der Waals surface area contributed by atoms with E-state index in [9.17, 15) is 26.3 Å².